The molecule has 0 aliphatic rings. The van der Waals surface area contributed by atoms with E-state index in [1.807, 2.05) is 49.4 Å². The molecule has 8 heteroatoms. The van der Waals surface area contributed by atoms with Gasteiger partial charge in [-0.2, -0.15) is 5.10 Å². The molecular weight excluding hydrogens is 352 g/mol. The van der Waals surface area contributed by atoms with Gasteiger partial charge in [-0.3, -0.25) is 5.10 Å². The number of hydrogen-bond donors (Lipinski definition) is 2. The smallest absolute Gasteiger partial charge is 0.291 e. The first-order chi connectivity index (χ1) is 12.2. The highest BCUT2D eigenvalue weighted by Crippen LogP contribution is 2.22. The first kappa shape index (κ1) is 17.6. The van der Waals surface area contributed by atoms with Crippen LogP contribution < -0.4 is 10.2 Å². The van der Waals surface area contributed by atoms with Gasteiger partial charge in [-0.05, 0) is 29.0 Å². The third kappa shape index (κ3) is 3.43. The summed E-state index contributed by atoms with van der Waals surface area (Å²) in [5.41, 5.74) is 3.88. The van der Waals surface area contributed by atoms with E-state index in [-0.39, 0.29) is 18.4 Å². The molecule has 0 amide bonds. The topological polar surface area (TPSA) is 93.4 Å². The quantitative estimate of drug-likeness (QED) is 0.426. The van der Waals surface area contributed by atoms with Crippen molar-refractivity contribution in [3.63, 3.8) is 0 Å². The fourth-order valence-corrected chi connectivity index (χ4v) is 2.72. The summed E-state index contributed by atoms with van der Waals surface area (Å²) in [6.07, 6.45) is 3.48. The summed E-state index contributed by atoms with van der Waals surface area (Å²) >= 11 is 0. The van der Waals surface area contributed by atoms with Crippen LogP contribution >= 0.6 is 12.4 Å². The Kier molecular flexibility index (Phi) is 4.99. The number of aromatic amines is 1. The van der Waals surface area contributed by atoms with Gasteiger partial charge in [0, 0.05) is 17.8 Å². The minimum Gasteiger partial charge on any atom is -0.594 e. The molecule has 2 N–H and O–H groups in total. The fourth-order valence-electron chi connectivity index (χ4n) is 2.72. The zero-order chi connectivity index (χ0) is 17.2. The zero-order valence-electron chi connectivity index (χ0n) is 14.0. The first-order valence-electron chi connectivity index (χ1n) is 7.93. The van der Waals surface area contributed by atoms with Gasteiger partial charge in [0.15, 0.2) is 0 Å². The van der Waals surface area contributed by atoms with Gasteiger partial charge in [0.25, 0.3) is 11.5 Å². The van der Waals surface area contributed by atoms with Gasteiger partial charge in [0.1, 0.15) is 5.52 Å². The van der Waals surface area contributed by atoms with Crippen molar-refractivity contribution in [1.29, 1.82) is 0 Å². The molecule has 1 atom stereocenters. The van der Waals surface area contributed by atoms with Crippen LogP contribution in [0.2, 0.25) is 0 Å². The van der Waals surface area contributed by atoms with Crippen LogP contribution in [0, 0.1) is 5.21 Å². The monoisotopic (exact) mass is 368 g/mol. The summed E-state index contributed by atoms with van der Waals surface area (Å²) in [4.78, 5) is 5.06. The number of benzene rings is 2. The lowest BCUT2D eigenvalue weighted by atomic mass is 10.1. The molecule has 4 rings (SSSR count). The lowest BCUT2D eigenvalue weighted by Gasteiger charge is -2.13. The second kappa shape index (κ2) is 7.37. The Morgan fingerprint density at radius 1 is 1.12 bits per heavy atom. The molecule has 0 aliphatic carbocycles. The molecule has 2 aromatic carbocycles. The van der Waals surface area contributed by atoms with Gasteiger partial charge >= 0.3 is 0 Å². The molecule has 2 heterocycles. The number of H-pyrrole nitrogens is 1. The number of rotatable bonds is 4. The van der Waals surface area contributed by atoms with E-state index >= 15 is 0 Å². The third-order valence-electron chi connectivity index (χ3n) is 4.07. The first-order valence-corrected chi connectivity index (χ1v) is 7.93. The highest BCUT2D eigenvalue weighted by molar-refractivity contribution is 5.85. The zero-order valence-corrected chi connectivity index (χ0v) is 14.8. The van der Waals surface area contributed by atoms with Crippen LogP contribution in [0.15, 0.2) is 60.9 Å². The average molecular weight is 369 g/mol. The summed E-state index contributed by atoms with van der Waals surface area (Å²) in [5, 5.41) is 26.2. The summed E-state index contributed by atoms with van der Waals surface area (Å²) < 4.78 is 0. The predicted molar refractivity (Wildman–Crippen MR) is 102 cm³/mol. The Labute approximate surface area is 156 Å². The summed E-state index contributed by atoms with van der Waals surface area (Å²) in [6.45, 7) is 2.00. The van der Waals surface area contributed by atoms with Crippen molar-refractivity contribution in [1.82, 2.24) is 20.3 Å². The maximum absolute atomic E-state index is 12.3. The van der Waals surface area contributed by atoms with Crippen molar-refractivity contribution in [3.05, 3.63) is 71.7 Å². The molecule has 4 aromatic rings. The Bertz CT molecular complexity index is 1010. The molecule has 0 saturated heterocycles. The van der Waals surface area contributed by atoms with Gasteiger partial charge < -0.3 is 10.5 Å². The Hall–Kier alpha value is -3.19. The number of halogens is 1. The molecule has 0 spiro atoms. The van der Waals surface area contributed by atoms with Crippen LogP contribution in [0.3, 0.4) is 0 Å². The SMILES string of the molecule is C[C@@H](Nc1nc2ccc(-c3cn[nH]c3)cc2[n+]([O-])n1)c1ccccc1.Cl. The lowest BCUT2D eigenvalue weighted by Crippen LogP contribution is -2.34. The van der Waals surface area contributed by atoms with Crippen LogP contribution in [0.25, 0.3) is 22.2 Å². The number of hydrogen-bond acceptors (Lipinski definition) is 5. The van der Waals surface area contributed by atoms with E-state index in [1.165, 1.54) is 0 Å². The minimum absolute atomic E-state index is 0. The van der Waals surface area contributed by atoms with E-state index in [9.17, 15) is 5.21 Å². The van der Waals surface area contributed by atoms with Crippen molar-refractivity contribution in [2.24, 2.45) is 0 Å². The van der Waals surface area contributed by atoms with E-state index in [2.05, 4.69) is 25.6 Å². The van der Waals surface area contributed by atoms with Crippen LogP contribution in [-0.2, 0) is 0 Å². The Morgan fingerprint density at radius 3 is 2.65 bits per heavy atom. The molecule has 0 radical (unpaired) electrons. The molecule has 0 unspecified atom stereocenters. The van der Waals surface area contributed by atoms with Crippen LogP contribution in [0.4, 0.5) is 5.95 Å². The molecule has 26 heavy (non-hydrogen) atoms. The average Bonchev–Trinajstić information content (AvgIpc) is 3.17. The molecule has 0 bridgehead atoms. The summed E-state index contributed by atoms with van der Waals surface area (Å²) in [7, 11) is 0. The van der Waals surface area contributed by atoms with Crippen molar-refractivity contribution in [2.75, 3.05) is 5.32 Å². The molecule has 2 aromatic heterocycles. The normalized spacial score (nSPS) is 11.7. The Morgan fingerprint density at radius 2 is 1.92 bits per heavy atom. The maximum Gasteiger partial charge on any atom is 0.291 e. The minimum atomic E-state index is -0.0103. The van der Waals surface area contributed by atoms with Crippen LogP contribution in [0.1, 0.15) is 18.5 Å². The highest BCUT2D eigenvalue weighted by Gasteiger charge is 2.15. The largest absolute Gasteiger partial charge is 0.594 e. The highest BCUT2D eigenvalue weighted by atomic mass is 35.5. The van der Waals surface area contributed by atoms with Gasteiger partial charge in [-0.1, -0.05) is 36.4 Å². The number of aromatic nitrogens is 5. The summed E-state index contributed by atoms with van der Waals surface area (Å²) in [5.74, 6) is 0.301. The number of anilines is 1. The lowest BCUT2D eigenvalue weighted by molar-refractivity contribution is -0.641. The maximum atomic E-state index is 12.3. The molecular formula is C18H17ClN6O. The van der Waals surface area contributed by atoms with Gasteiger partial charge in [0.2, 0.25) is 0 Å². The van der Waals surface area contributed by atoms with Gasteiger partial charge in [0.05, 0.1) is 17.3 Å². The third-order valence-corrected chi connectivity index (χ3v) is 4.07. The Balaban J connectivity index is 0.00000196. The van der Waals surface area contributed by atoms with Crippen LogP contribution in [-0.4, -0.2) is 20.3 Å². The van der Waals surface area contributed by atoms with Gasteiger partial charge in [-0.15, -0.1) is 12.4 Å². The van der Waals surface area contributed by atoms with E-state index in [0.717, 1.165) is 16.7 Å². The number of fused-ring (bicyclic) bond motifs is 1. The molecule has 0 saturated carbocycles. The predicted octanol–water partition coefficient (Wildman–Crippen LogP) is 3.25. The van der Waals surface area contributed by atoms with E-state index < -0.39 is 0 Å². The second-order valence-electron chi connectivity index (χ2n) is 5.78. The van der Waals surface area contributed by atoms with Crippen molar-refractivity contribution >= 4 is 29.4 Å². The van der Waals surface area contributed by atoms with Gasteiger partial charge in [-0.25, -0.2) is 4.98 Å². The molecule has 0 fully saturated rings. The van der Waals surface area contributed by atoms with Crippen LogP contribution in [0.5, 0.6) is 0 Å². The molecule has 7 nitrogen and oxygen atoms in total. The van der Waals surface area contributed by atoms with Crippen molar-refractivity contribution in [2.45, 2.75) is 13.0 Å². The number of nitrogens with one attached hydrogen (secondary N) is 2. The van der Waals surface area contributed by atoms with Crippen molar-refractivity contribution < 1.29 is 4.85 Å². The summed E-state index contributed by atoms with van der Waals surface area (Å²) in [6, 6.07) is 15.4. The molecule has 0 aliphatic heterocycles. The fraction of sp³-hybridized carbons (Fsp3) is 0.111. The number of nitrogens with zero attached hydrogens (tertiary/aromatic N) is 4. The molecule has 132 valence electrons. The van der Waals surface area contributed by atoms with Crippen molar-refractivity contribution in [3.8, 4) is 11.1 Å². The standard InChI is InChI=1S/C18H16N6O.ClH/c1-12(13-5-3-2-4-6-13)21-18-22-16-8-7-14(15-10-19-20-11-15)9-17(16)24(25)23-18;/h2-12H,1H3,(H,19,20)(H,21,22,23);1H/t12-;/m1./s1. The van der Waals surface area contributed by atoms with E-state index in [1.54, 1.807) is 18.5 Å². The van der Waals surface area contributed by atoms with E-state index in [0.29, 0.717) is 21.8 Å². The second-order valence-corrected chi connectivity index (χ2v) is 5.78. The van der Waals surface area contributed by atoms with E-state index in [4.69, 9.17) is 0 Å².